The Labute approximate surface area is 198 Å². The number of nitrogens with one attached hydrogen (secondary N) is 1. The van der Waals surface area contributed by atoms with Crippen LogP contribution >= 0.6 is 23.1 Å². The first kappa shape index (κ1) is 23.5. The first-order valence-corrected chi connectivity index (χ1v) is 12.8. The highest BCUT2D eigenvalue weighted by atomic mass is 32.2. The lowest BCUT2D eigenvalue weighted by Crippen LogP contribution is -2.39. The van der Waals surface area contributed by atoms with E-state index in [-0.39, 0.29) is 23.4 Å². The molecule has 0 spiro atoms. The summed E-state index contributed by atoms with van der Waals surface area (Å²) in [7, 11) is 3.35. The zero-order chi connectivity index (χ0) is 23.9. The number of hydrogen-bond donors (Lipinski definition) is 1. The highest BCUT2D eigenvalue weighted by molar-refractivity contribution is 7.99. The van der Waals surface area contributed by atoms with Gasteiger partial charge in [-0.3, -0.25) is 18.7 Å². The minimum atomic E-state index is -0.382. The summed E-state index contributed by atoms with van der Waals surface area (Å²) in [6.45, 7) is 6.68. The van der Waals surface area contributed by atoms with E-state index in [0.29, 0.717) is 39.8 Å². The molecule has 0 radical (unpaired) electrons. The van der Waals surface area contributed by atoms with E-state index >= 15 is 0 Å². The highest BCUT2D eigenvalue weighted by Gasteiger charge is 2.17. The summed E-state index contributed by atoms with van der Waals surface area (Å²) in [5.41, 5.74) is 1.07. The van der Waals surface area contributed by atoms with Gasteiger partial charge in [-0.15, -0.1) is 11.3 Å². The third-order valence-electron chi connectivity index (χ3n) is 6.06. The Hall–Kier alpha value is -2.66. The number of thiophene rings is 1. The van der Waals surface area contributed by atoms with Crippen LogP contribution in [-0.4, -0.2) is 34.4 Å². The van der Waals surface area contributed by atoms with E-state index in [2.05, 4.69) is 28.8 Å². The molecule has 4 aromatic heterocycles. The summed E-state index contributed by atoms with van der Waals surface area (Å²) in [5, 5.41) is 1.27. The quantitative estimate of drug-likeness (QED) is 0.232. The Bertz CT molecular complexity index is 1510. The lowest BCUT2D eigenvalue weighted by Gasteiger charge is -2.09. The minimum Gasteiger partial charge on any atom is -0.328 e. The second-order valence-electron chi connectivity index (χ2n) is 8.43. The third-order valence-corrected chi connectivity index (χ3v) is 8.06. The van der Waals surface area contributed by atoms with Gasteiger partial charge in [0.1, 0.15) is 4.83 Å². The van der Waals surface area contributed by atoms with Crippen LogP contribution in [0.1, 0.15) is 37.1 Å². The van der Waals surface area contributed by atoms with Gasteiger partial charge < -0.3 is 9.55 Å². The van der Waals surface area contributed by atoms with Gasteiger partial charge in [0, 0.05) is 31.3 Å². The molecule has 0 bridgehead atoms. The van der Waals surface area contributed by atoms with Gasteiger partial charge in [-0.1, -0.05) is 32.0 Å². The van der Waals surface area contributed by atoms with Crippen molar-refractivity contribution in [3.8, 4) is 0 Å². The van der Waals surface area contributed by atoms with Gasteiger partial charge in [-0.2, -0.15) is 0 Å². The standard InChI is InChI=1S/C22H28N6O3S2/c1-6-12(2)10-14-13(3)33-19-15(14)18(29)24-21(25-19)32-9-7-8-28-20(30)16-17(23-11-26(16)4)27(5)22(28)31/h11-12H,6-10H2,1-5H3,(H,24,25,29). The molecule has 0 aliphatic rings. The van der Waals surface area contributed by atoms with Crippen LogP contribution in [0.2, 0.25) is 0 Å². The Morgan fingerprint density at radius 3 is 2.73 bits per heavy atom. The van der Waals surface area contributed by atoms with Crippen LogP contribution in [0.25, 0.3) is 21.4 Å². The average Bonchev–Trinajstić information content (AvgIpc) is 3.31. The van der Waals surface area contributed by atoms with Crippen molar-refractivity contribution in [1.29, 1.82) is 0 Å². The fourth-order valence-corrected chi connectivity index (χ4v) is 5.85. The lowest BCUT2D eigenvalue weighted by atomic mass is 9.98. The van der Waals surface area contributed by atoms with Crippen LogP contribution in [0.5, 0.6) is 0 Å². The summed E-state index contributed by atoms with van der Waals surface area (Å²) < 4.78 is 4.27. The summed E-state index contributed by atoms with van der Waals surface area (Å²) >= 11 is 2.99. The first-order chi connectivity index (χ1) is 15.7. The molecular formula is C22H28N6O3S2. The van der Waals surface area contributed by atoms with Gasteiger partial charge in [0.25, 0.3) is 11.1 Å². The maximum atomic E-state index is 12.8. The molecule has 4 heterocycles. The molecular weight excluding hydrogens is 460 g/mol. The Morgan fingerprint density at radius 1 is 1.24 bits per heavy atom. The number of imidazole rings is 1. The number of nitrogens with zero attached hydrogens (tertiary/aromatic N) is 5. The zero-order valence-electron chi connectivity index (χ0n) is 19.5. The van der Waals surface area contributed by atoms with Crippen LogP contribution in [-0.2, 0) is 27.1 Å². The highest BCUT2D eigenvalue weighted by Crippen LogP contribution is 2.30. The molecule has 1 unspecified atom stereocenters. The maximum absolute atomic E-state index is 12.8. The molecule has 0 aromatic carbocycles. The normalized spacial score (nSPS) is 12.8. The molecule has 0 aliphatic carbocycles. The smallest absolute Gasteiger partial charge is 0.328 e. The molecule has 0 saturated carbocycles. The fourth-order valence-electron chi connectivity index (χ4n) is 3.95. The number of rotatable bonds is 8. The summed E-state index contributed by atoms with van der Waals surface area (Å²) in [6.07, 6.45) is 4.05. The predicted octanol–water partition coefficient (Wildman–Crippen LogP) is 2.81. The van der Waals surface area contributed by atoms with Crippen molar-refractivity contribution in [3.63, 3.8) is 0 Å². The molecule has 33 heavy (non-hydrogen) atoms. The second kappa shape index (κ2) is 9.30. The van der Waals surface area contributed by atoms with Gasteiger partial charge in [0.15, 0.2) is 16.3 Å². The summed E-state index contributed by atoms with van der Waals surface area (Å²) in [4.78, 5) is 51.9. The molecule has 11 heteroatoms. The first-order valence-electron chi connectivity index (χ1n) is 11.0. The van der Waals surface area contributed by atoms with Gasteiger partial charge in [-0.05, 0) is 31.2 Å². The Balaban J connectivity index is 1.50. The fraction of sp³-hybridized carbons (Fsp3) is 0.500. The lowest BCUT2D eigenvalue weighted by molar-refractivity contribution is 0.561. The van der Waals surface area contributed by atoms with E-state index in [1.807, 2.05) is 6.92 Å². The summed E-state index contributed by atoms with van der Waals surface area (Å²) in [6, 6.07) is 0. The van der Waals surface area contributed by atoms with Gasteiger partial charge in [-0.25, -0.2) is 14.8 Å². The van der Waals surface area contributed by atoms with Crippen LogP contribution < -0.4 is 16.8 Å². The number of fused-ring (bicyclic) bond motifs is 2. The maximum Gasteiger partial charge on any atom is 0.332 e. The Kier molecular flexibility index (Phi) is 6.62. The van der Waals surface area contributed by atoms with E-state index in [4.69, 9.17) is 0 Å². The number of H-pyrrole nitrogens is 1. The number of aromatic nitrogens is 6. The van der Waals surface area contributed by atoms with Crippen LogP contribution in [0.15, 0.2) is 25.9 Å². The van der Waals surface area contributed by atoms with E-state index in [1.165, 1.54) is 27.2 Å². The molecule has 1 N–H and O–H groups in total. The van der Waals surface area contributed by atoms with Crippen LogP contribution in [0, 0.1) is 12.8 Å². The SMILES string of the molecule is CCC(C)Cc1c(C)sc2nc(SCCCn3c(=O)c4c(ncn4C)n(C)c3=O)[nH]c(=O)c12. The number of thioether (sulfide) groups is 1. The topological polar surface area (TPSA) is 108 Å². The van der Waals surface area contributed by atoms with E-state index in [0.717, 1.165) is 28.1 Å². The van der Waals surface area contributed by atoms with Gasteiger partial charge in [0.2, 0.25) is 0 Å². The molecule has 4 rings (SSSR count). The van der Waals surface area contributed by atoms with Crippen molar-refractivity contribution in [2.24, 2.45) is 20.0 Å². The third kappa shape index (κ3) is 4.31. The molecule has 0 aliphatic heterocycles. The van der Waals surface area contributed by atoms with Crippen molar-refractivity contribution >= 4 is 44.5 Å². The van der Waals surface area contributed by atoms with Crippen molar-refractivity contribution in [2.45, 2.75) is 51.7 Å². The van der Waals surface area contributed by atoms with E-state index in [9.17, 15) is 14.4 Å². The van der Waals surface area contributed by atoms with Crippen molar-refractivity contribution in [2.75, 3.05) is 5.75 Å². The van der Waals surface area contributed by atoms with Crippen LogP contribution in [0.3, 0.4) is 0 Å². The number of aryl methyl sites for hydroxylation is 3. The van der Waals surface area contributed by atoms with Crippen molar-refractivity contribution in [1.82, 2.24) is 28.7 Å². The van der Waals surface area contributed by atoms with Gasteiger partial charge in [0.05, 0.1) is 11.7 Å². The molecule has 1 atom stereocenters. The van der Waals surface area contributed by atoms with Crippen molar-refractivity contribution in [3.05, 3.63) is 48.0 Å². The molecule has 0 fully saturated rings. The van der Waals surface area contributed by atoms with Crippen LogP contribution in [0.4, 0.5) is 0 Å². The predicted molar refractivity (Wildman–Crippen MR) is 134 cm³/mol. The van der Waals surface area contributed by atoms with E-state index < -0.39 is 0 Å². The summed E-state index contributed by atoms with van der Waals surface area (Å²) in [5.74, 6) is 1.12. The monoisotopic (exact) mass is 488 g/mol. The molecule has 0 saturated heterocycles. The van der Waals surface area contributed by atoms with Crippen molar-refractivity contribution < 1.29 is 0 Å². The minimum absolute atomic E-state index is 0.100. The number of hydrogen-bond acceptors (Lipinski definition) is 7. The van der Waals surface area contributed by atoms with Gasteiger partial charge >= 0.3 is 5.69 Å². The molecule has 4 aromatic rings. The largest absolute Gasteiger partial charge is 0.332 e. The zero-order valence-corrected chi connectivity index (χ0v) is 21.1. The Morgan fingerprint density at radius 2 is 2.00 bits per heavy atom. The molecule has 176 valence electrons. The number of aromatic amines is 1. The van der Waals surface area contributed by atoms with E-state index in [1.54, 1.807) is 30.0 Å². The second-order valence-corrected chi connectivity index (χ2v) is 10.7. The molecule has 9 nitrogen and oxygen atoms in total. The molecule has 0 amide bonds. The average molecular weight is 489 g/mol.